The molecule has 0 saturated heterocycles. The number of para-hydroxylation sites is 3. The van der Waals surface area contributed by atoms with Gasteiger partial charge >= 0.3 is 6.01 Å². The van der Waals surface area contributed by atoms with Crippen LogP contribution in [0.25, 0.3) is 60.5 Å². The third-order valence-corrected chi connectivity index (χ3v) is 6.03. The van der Waals surface area contributed by atoms with Crippen molar-refractivity contribution in [2.45, 2.75) is 0 Å². The Hall–Kier alpha value is -4.11. The second kappa shape index (κ2) is 5.71. The van der Waals surface area contributed by atoms with E-state index in [0.29, 0.717) is 6.01 Å². The molecule has 0 aliphatic rings. The van der Waals surface area contributed by atoms with Gasteiger partial charge in [0.05, 0.1) is 11.0 Å². The minimum Gasteiger partial charge on any atom is -0.423 e. The minimum absolute atomic E-state index is 0.600. The quantitative estimate of drug-likeness (QED) is 0.280. The molecular formula is C27H16N2O. The Bertz CT molecular complexity index is 1720. The fourth-order valence-corrected chi connectivity index (χ4v) is 4.70. The molecule has 2 heterocycles. The summed E-state index contributed by atoms with van der Waals surface area (Å²) in [4.78, 5) is 4.82. The lowest BCUT2D eigenvalue weighted by Crippen LogP contribution is -1.94. The summed E-state index contributed by atoms with van der Waals surface area (Å²) in [5, 5.41) is 7.34. The fraction of sp³-hybridized carbons (Fsp3) is 0. The van der Waals surface area contributed by atoms with Crippen LogP contribution in [0.15, 0.2) is 101 Å². The van der Waals surface area contributed by atoms with Gasteiger partial charge < -0.3 is 4.42 Å². The predicted molar refractivity (Wildman–Crippen MR) is 123 cm³/mol. The van der Waals surface area contributed by atoms with Crippen molar-refractivity contribution in [3.05, 3.63) is 97.1 Å². The molecule has 0 unspecified atom stereocenters. The minimum atomic E-state index is 0.600. The van der Waals surface area contributed by atoms with E-state index in [1.165, 1.54) is 32.3 Å². The SMILES string of the molecule is c1ccc2c(c1)ccc1c2ccc2c3ccccc3n(-c3nc4ccccc4o3)c12. The summed E-state index contributed by atoms with van der Waals surface area (Å²) < 4.78 is 8.39. The van der Waals surface area contributed by atoms with E-state index in [2.05, 4.69) is 77.4 Å². The van der Waals surface area contributed by atoms with Crippen LogP contribution in [0, 0.1) is 0 Å². The zero-order valence-electron chi connectivity index (χ0n) is 16.0. The van der Waals surface area contributed by atoms with Gasteiger partial charge in [-0.3, -0.25) is 4.57 Å². The topological polar surface area (TPSA) is 31.0 Å². The second-order valence-electron chi connectivity index (χ2n) is 7.66. The van der Waals surface area contributed by atoms with Crippen molar-refractivity contribution in [3.8, 4) is 6.01 Å². The molecule has 0 radical (unpaired) electrons. The molecule has 5 aromatic carbocycles. The van der Waals surface area contributed by atoms with Crippen molar-refractivity contribution >= 4 is 54.5 Å². The number of benzene rings is 5. The normalized spacial score (nSPS) is 12.0. The number of rotatable bonds is 1. The highest BCUT2D eigenvalue weighted by molar-refractivity contribution is 6.22. The smallest absolute Gasteiger partial charge is 0.307 e. The lowest BCUT2D eigenvalue weighted by molar-refractivity contribution is 0.574. The van der Waals surface area contributed by atoms with Gasteiger partial charge in [-0.05, 0) is 34.4 Å². The molecule has 0 bridgehead atoms. The van der Waals surface area contributed by atoms with E-state index < -0.39 is 0 Å². The molecule has 3 heteroatoms. The summed E-state index contributed by atoms with van der Waals surface area (Å²) in [6.07, 6.45) is 0. The highest BCUT2D eigenvalue weighted by Crippen LogP contribution is 2.38. The average molecular weight is 384 g/mol. The third kappa shape index (κ3) is 2.01. The Balaban J connectivity index is 1.72. The second-order valence-corrected chi connectivity index (χ2v) is 7.66. The van der Waals surface area contributed by atoms with Gasteiger partial charge in [0.1, 0.15) is 5.52 Å². The first-order valence-corrected chi connectivity index (χ1v) is 10.1. The van der Waals surface area contributed by atoms with Crippen LogP contribution >= 0.6 is 0 Å². The number of oxazole rings is 1. The molecule has 0 aliphatic heterocycles. The Morgan fingerprint density at radius 3 is 2.20 bits per heavy atom. The third-order valence-electron chi connectivity index (χ3n) is 6.03. The lowest BCUT2D eigenvalue weighted by Gasteiger charge is -2.08. The van der Waals surface area contributed by atoms with Gasteiger partial charge in [0.15, 0.2) is 5.58 Å². The average Bonchev–Trinajstić information content (AvgIpc) is 3.37. The van der Waals surface area contributed by atoms with Crippen LogP contribution in [0.1, 0.15) is 0 Å². The van der Waals surface area contributed by atoms with Crippen LogP contribution in [-0.2, 0) is 0 Å². The highest BCUT2D eigenvalue weighted by Gasteiger charge is 2.18. The van der Waals surface area contributed by atoms with E-state index in [9.17, 15) is 0 Å². The summed E-state index contributed by atoms with van der Waals surface area (Å²) in [5.74, 6) is 0. The summed E-state index contributed by atoms with van der Waals surface area (Å²) in [6, 6.07) is 34.4. The zero-order valence-corrected chi connectivity index (χ0v) is 16.0. The Kier molecular flexibility index (Phi) is 3.00. The van der Waals surface area contributed by atoms with Gasteiger partial charge in [0.25, 0.3) is 0 Å². The first kappa shape index (κ1) is 15.8. The Labute approximate surface area is 171 Å². The summed E-state index contributed by atoms with van der Waals surface area (Å²) in [6.45, 7) is 0. The van der Waals surface area contributed by atoms with Gasteiger partial charge in [0.2, 0.25) is 0 Å². The monoisotopic (exact) mass is 384 g/mol. The molecule has 0 spiro atoms. The molecule has 0 amide bonds. The molecule has 7 aromatic rings. The van der Waals surface area contributed by atoms with Crippen LogP contribution in [0.5, 0.6) is 0 Å². The molecule has 0 saturated carbocycles. The summed E-state index contributed by atoms with van der Waals surface area (Å²) in [7, 11) is 0. The molecule has 7 rings (SSSR count). The van der Waals surface area contributed by atoms with Gasteiger partial charge in [-0.1, -0.05) is 78.9 Å². The lowest BCUT2D eigenvalue weighted by atomic mass is 9.99. The number of hydrogen-bond acceptors (Lipinski definition) is 2. The van der Waals surface area contributed by atoms with E-state index in [1.54, 1.807) is 0 Å². The highest BCUT2D eigenvalue weighted by atomic mass is 16.4. The summed E-state index contributed by atoms with van der Waals surface area (Å²) >= 11 is 0. The standard InChI is InChI=1S/C27H16N2O/c1-2-8-18-17(7-1)13-14-21-19(18)15-16-22-20-9-3-5-11-24(20)29(26(21)22)27-28-23-10-4-6-12-25(23)30-27/h1-16H. The predicted octanol–water partition coefficient (Wildman–Crippen LogP) is 7.23. The molecule has 3 nitrogen and oxygen atoms in total. The zero-order chi connectivity index (χ0) is 19.7. The van der Waals surface area contributed by atoms with E-state index in [-0.39, 0.29) is 0 Å². The number of fused-ring (bicyclic) bond motifs is 8. The van der Waals surface area contributed by atoms with Crippen LogP contribution in [0.2, 0.25) is 0 Å². The first-order valence-electron chi connectivity index (χ1n) is 10.1. The summed E-state index contributed by atoms with van der Waals surface area (Å²) in [5.41, 5.74) is 3.89. The molecule has 0 N–H and O–H groups in total. The number of aromatic nitrogens is 2. The Morgan fingerprint density at radius 2 is 1.27 bits per heavy atom. The number of nitrogens with zero attached hydrogens (tertiary/aromatic N) is 2. The Morgan fingerprint density at radius 1 is 0.567 bits per heavy atom. The molecule has 0 atom stereocenters. The van der Waals surface area contributed by atoms with Crippen LogP contribution in [-0.4, -0.2) is 9.55 Å². The van der Waals surface area contributed by atoms with Crippen molar-refractivity contribution in [2.24, 2.45) is 0 Å². The fourth-order valence-electron chi connectivity index (χ4n) is 4.70. The van der Waals surface area contributed by atoms with Crippen LogP contribution in [0.3, 0.4) is 0 Å². The largest absolute Gasteiger partial charge is 0.423 e. The molecule has 140 valence electrons. The van der Waals surface area contributed by atoms with Crippen molar-refractivity contribution in [1.29, 1.82) is 0 Å². The first-order chi connectivity index (χ1) is 14.9. The van der Waals surface area contributed by atoms with Gasteiger partial charge in [0, 0.05) is 16.2 Å². The van der Waals surface area contributed by atoms with E-state index in [4.69, 9.17) is 9.40 Å². The van der Waals surface area contributed by atoms with E-state index >= 15 is 0 Å². The van der Waals surface area contributed by atoms with E-state index in [1.807, 2.05) is 24.3 Å². The molecule has 0 aliphatic carbocycles. The van der Waals surface area contributed by atoms with Crippen LogP contribution < -0.4 is 0 Å². The van der Waals surface area contributed by atoms with Gasteiger partial charge in [-0.2, -0.15) is 4.98 Å². The maximum atomic E-state index is 6.22. The maximum absolute atomic E-state index is 6.22. The van der Waals surface area contributed by atoms with Gasteiger partial charge in [-0.25, -0.2) is 0 Å². The van der Waals surface area contributed by atoms with Crippen molar-refractivity contribution in [3.63, 3.8) is 0 Å². The van der Waals surface area contributed by atoms with Crippen molar-refractivity contribution in [2.75, 3.05) is 0 Å². The molecule has 0 fully saturated rings. The van der Waals surface area contributed by atoms with Crippen molar-refractivity contribution in [1.82, 2.24) is 9.55 Å². The van der Waals surface area contributed by atoms with Crippen LogP contribution in [0.4, 0.5) is 0 Å². The van der Waals surface area contributed by atoms with Crippen molar-refractivity contribution < 1.29 is 4.42 Å². The maximum Gasteiger partial charge on any atom is 0.307 e. The molecule has 2 aromatic heterocycles. The molecule has 30 heavy (non-hydrogen) atoms. The van der Waals surface area contributed by atoms with Gasteiger partial charge in [-0.15, -0.1) is 0 Å². The molecular weight excluding hydrogens is 368 g/mol. The number of hydrogen-bond donors (Lipinski definition) is 0. The van der Waals surface area contributed by atoms with E-state index in [0.717, 1.165) is 22.1 Å².